The van der Waals surface area contributed by atoms with Gasteiger partial charge in [-0.05, 0) is 0 Å². The lowest BCUT2D eigenvalue weighted by molar-refractivity contribution is -0.0611. The topological polar surface area (TPSA) is 149 Å². The summed E-state index contributed by atoms with van der Waals surface area (Å²) in [6, 6.07) is -0.393. The van der Waals surface area contributed by atoms with E-state index in [0.29, 0.717) is 0 Å². The summed E-state index contributed by atoms with van der Waals surface area (Å²) in [4.78, 5) is 11.7. The molecular weight excluding hydrogens is 282 g/mol. The summed E-state index contributed by atoms with van der Waals surface area (Å²) in [5.41, 5.74) is 6.15. The molecule has 5 N–H and O–H groups in total. The summed E-state index contributed by atoms with van der Waals surface area (Å²) in [5.74, 6) is 0.111. The van der Waals surface area contributed by atoms with Gasteiger partial charge in [0.15, 0.2) is 23.2 Å². The number of hydrogen-bond acceptors (Lipinski definition) is 9. The molecule has 10 heteroatoms. The number of hydrogen-bond donors (Lipinski definition) is 4. The third kappa shape index (κ3) is 2.00. The Morgan fingerprint density at radius 1 is 1.48 bits per heavy atom. The fourth-order valence-corrected chi connectivity index (χ4v) is 2.48. The molecule has 21 heavy (non-hydrogen) atoms. The van der Waals surface area contributed by atoms with Crippen LogP contribution in [0.5, 0.6) is 6.01 Å². The average molecular weight is 297 g/mol. The van der Waals surface area contributed by atoms with Crippen LogP contribution in [0, 0.1) is 0 Å². The number of aliphatic hydroxyl groups excluding tert-OH is 2. The third-order valence-corrected chi connectivity index (χ3v) is 3.51. The molecule has 1 aliphatic rings. The van der Waals surface area contributed by atoms with Crippen molar-refractivity contribution in [3.63, 3.8) is 0 Å². The van der Waals surface area contributed by atoms with Crippen molar-refractivity contribution in [1.82, 2.24) is 19.5 Å². The summed E-state index contributed by atoms with van der Waals surface area (Å²) >= 11 is 0. The maximum absolute atomic E-state index is 10.1. The highest BCUT2D eigenvalue weighted by atomic mass is 16.6. The van der Waals surface area contributed by atoms with Crippen molar-refractivity contribution in [1.29, 1.82) is 0 Å². The first-order valence-electron chi connectivity index (χ1n) is 6.23. The third-order valence-electron chi connectivity index (χ3n) is 3.51. The zero-order chi connectivity index (χ0) is 15.1. The van der Waals surface area contributed by atoms with Crippen LogP contribution in [-0.4, -0.2) is 66.9 Å². The van der Waals surface area contributed by atoms with Gasteiger partial charge in [0.2, 0.25) is 0 Å². The second-order valence-corrected chi connectivity index (χ2v) is 4.65. The van der Waals surface area contributed by atoms with Crippen molar-refractivity contribution >= 4 is 17.0 Å². The standard InChI is InChI=1S/C11H15N5O5/c1-20-7-6(18)4(2-17)21-10(7)16-9-5(15-11(16)19)8(12)13-3-14-9/h3-4,6-7,10,17-18H,2H2,1H3,(H,15,19)(H2,12,13,14)/t4-,6-,7-,10-/m1/s1. The van der Waals surface area contributed by atoms with Gasteiger partial charge in [-0.25, -0.2) is 14.5 Å². The fourth-order valence-electron chi connectivity index (χ4n) is 2.48. The van der Waals surface area contributed by atoms with Crippen molar-refractivity contribution in [2.24, 2.45) is 0 Å². The lowest BCUT2D eigenvalue weighted by Crippen LogP contribution is -2.34. The summed E-state index contributed by atoms with van der Waals surface area (Å²) in [7, 11) is 1.39. The lowest BCUT2D eigenvalue weighted by atomic mass is 10.1. The van der Waals surface area contributed by atoms with E-state index in [2.05, 4.69) is 15.0 Å². The minimum absolute atomic E-state index is 0.111. The Labute approximate surface area is 118 Å². The molecule has 1 saturated heterocycles. The van der Waals surface area contributed by atoms with Gasteiger partial charge in [0, 0.05) is 7.11 Å². The first kappa shape index (κ1) is 13.9. The summed E-state index contributed by atoms with van der Waals surface area (Å²) in [5, 5.41) is 29.3. The van der Waals surface area contributed by atoms with Gasteiger partial charge < -0.3 is 30.5 Å². The van der Waals surface area contributed by atoms with E-state index in [1.807, 2.05) is 0 Å². The number of methoxy groups -OCH3 is 1. The molecule has 0 bridgehead atoms. The van der Waals surface area contributed by atoms with Crippen LogP contribution in [-0.2, 0) is 9.47 Å². The molecule has 3 heterocycles. The molecule has 0 radical (unpaired) electrons. The van der Waals surface area contributed by atoms with E-state index in [1.54, 1.807) is 0 Å². The van der Waals surface area contributed by atoms with Crippen LogP contribution in [0.4, 0.5) is 5.82 Å². The number of imidazole rings is 1. The number of aromatic nitrogens is 4. The van der Waals surface area contributed by atoms with E-state index < -0.39 is 30.6 Å². The van der Waals surface area contributed by atoms with E-state index in [0.717, 1.165) is 0 Å². The molecule has 0 spiro atoms. The first-order valence-corrected chi connectivity index (χ1v) is 6.23. The number of ether oxygens (including phenoxy) is 2. The van der Waals surface area contributed by atoms with Gasteiger partial charge in [-0.3, -0.25) is 0 Å². The monoisotopic (exact) mass is 297 g/mol. The largest absolute Gasteiger partial charge is 0.480 e. The predicted octanol–water partition coefficient (Wildman–Crippen LogP) is -1.62. The van der Waals surface area contributed by atoms with E-state index >= 15 is 0 Å². The fraction of sp³-hybridized carbons (Fsp3) is 0.545. The Morgan fingerprint density at radius 2 is 2.24 bits per heavy atom. The minimum atomic E-state index is -1.05. The molecule has 0 amide bonds. The molecule has 0 unspecified atom stereocenters. The van der Waals surface area contributed by atoms with Crippen LogP contribution in [0.25, 0.3) is 11.2 Å². The summed E-state index contributed by atoms with van der Waals surface area (Å²) in [6.45, 7) is -0.387. The Balaban J connectivity index is 2.12. The van der Waals surface area contributed by atoms with Crippen molar-refractivity contribution in [3.8, 4) is 6.01 Å². The number of rotatable bonds is 3. The number of fused-ring (bicyclic) bond motifs is 1. The molecule has 4 atom stereocenters. The number of nitrogens with zero attached hydrogens (tertiary/aromatic N) is 4. The molecule has 2 aromatic heterocycles. The molecule has 0 aliphatic carbocycles. The van der Waals surface area contributed by atoms with Gasteiger partial charge >= 0.3 is 0 Å². The number of nitrogen functional groups attached to an aromatic ring is 1. The van der Waals surface area contributed by atoms with E-state index in [1.165, 1.54) is 18.0 Å². The highest BCUT2D eigenvalue weighted by Crippen LogP contribution is 2.36. The van der Waals surface area contributed by atoms with Crippen LogP contribution in [0.15, 0.2) is 6.33 Å². The highest BCUT2D eigenvalue weighted by Gasteiger charge is 2.46. The number of nitrogens with two attached hydrogens (primary N) is 1. The quantitative estimate of drug-likeness (QED) is 0.524. The Bertz CT molecular complexity index is 662. The number of aliphatic hydroxyl groups is 2. The minimum Gasteiger partial charge on any atom is -0.480 e. The smallest absolute Gasteiger partial charge is 0.298 e. The van der Waals surface area contributed by atoms with Crippen LogP contribution >= 0.6 is 0 Å². The molecule has 3 rings (SSSR count). The molecule has 114 valence electrons. The van der Waals surface area contributed by atoms with Gasteiger partial charge in [-0.15, -0.1) is 0 Å². The Kier molecular flexibility index (Phi) is 3.37. The van der Waals surface area contributed by atoms with E-state index in [-0.39, 0.29) is 23.6 Å². The molecule has 1 fully saturated rings. The number of aromatic hydroxyl groups is 1. The lowest BCUT2D eigenvalue weighted by Gasteiger charge is -2.20. The number of anilines is 1. The van der Waals surface area contributed by atoms with Crippen LogP contribution < -0.4 is 5.73 Å². The second-order valence-electron chi connectivity index (χ2n) is 4.65. The van der Waals surface area contributed by atoms with E-state index in [4.69, 9.17) is 15.2 Å². The van der Waals surface area contributed by atoms with Gasteiger partial charge in [0.25, 0.3) is 6.01 Å². The van der Waals surface area contributed by atoms with Crippen molar-refractivity contribution in [3.05, 3.63) is 6.33 Å². The van der Waals surface area contributed by atoms with Crippen LogP contribution in [0.3, 0.4) is 0 Å². The highest BCUT2D eigenvalue weighted by molar-refractivity contribution is 5.82. The molecule has 2 aromatic rings. The summed E-state index contributed by atoms with van der Waals surface area (Å²) < 4.78 is 12.0. The van der Waals surface area contributed by atoms with Gasteiger partial charge in [0.05, 0.1) is 6.61 Å². The normalized spacial score (nSPS) is 29.3. The van der Waals surface area contributed by atoms with Gasteiger partial charge in [-0.2, -0.15) is 4.98 Å². The predicted molar refractivity (Wildman–Crippen MR) is 69.2 cm³/mol. The van der Waals surface area contributed by atoms with E-state index in [9.17, 15) is 15.3 Å². The van der Waals surface area contributed by atoms with Gasteiger partial charge in [-0.1, -0.05) is 0 Å². The second kappa shape index (κ2) is 5.07. The zero-order valence-electron chi connectivity index (χ0n) is 11.1. The molecule has 10 nitrogen and oxygen atoms in total. The van der Waals surface area contributed by atoms with Crippen LogP contribution in [0.2, 0.25) is 0 Å². The molecular formula is C11H15N5O5. The van der Waals surface area contributed by atoms with Crippen molar-refractivity contribution in [2.75, 3.05) is 19.5 Å². The zero-order valence-corrected chi connectivity index (χ0v) is 11.1. The Morgan fingerprint density at radius 3 is 2.90 bits per heavy atom. The first-order chi connectivity index (χ1) is 10.1. The molecule has 1 aliphatic heterocycles. The SMILES string of the molecule is CO[C@@H]1[C@H](O)[C@@H](CO)O[C@H]1n1c(O)nc2c(N)ncnc21. The average Bonchev–Trinajstić information content (AvgIpc) is 2.96. The van der Waals surface area contributed by atoms with Crippen molar-refractivity contribution < 1.29 is 24.8 Å². The maximum atomic E-state index is 10.1. The van der Waals surface area contributed by atoms with Crippen LogP contribution in [0.1, 0.15) is 6.23 Å². The van der Waals surface area contributed by atoms with Crippen molar-refractivity contribution in [2.45, 2.75) is 24.5 Å². The van der Waals surface area contributed by atoms with Gasteiger partial charge in [0.1, 0.15) is 24.6 Å². The molecule has 0 aromatic carbocycles. The molecule has 0 saturated carbocycles. The maximum Gasteiger partial charge on any atom is 0.298 e. The summed E-state index contributed by atoms with van der Waals surface area (Å²) in [6.07, 6.45) is -2.37. The Hall–Kier alpha value is -2.01.